The first kappa shape index (κ1) is 20.8. The summed E-state index contributed by atoms with van der Waals surface area (Å²) >= 11 is 6.28. The molecule has 0 aliphatic carbocycles. The van der Waals surface area contributed by atoms with E-state index < -0.39 is 0 Å². The molecule has 0 bridgehead atoms. The van der Waals surface area contributed by atoms with Gasteiger partial charge in [-0.15, -0.1) is 0 Å². The van der Waals surface area contributed by atoms with Crippen LogP contribution in [-0.4, -0.2) is 58.6 Å². The van der Waals surface area contributed by atoms with Crippen molar-refractivity contribution in [3.63, 3.8) is 0 Å². The largest absolute Gasteiger partial charge is 0.497 e. The highest BCUT2D eigenvalue weighted by Crippen LogP contribution is 2.22. The molecule has 2 N–H and O–H groups in total. The molecule has 1 aromatic carbocycles. The number of rotatable bonds is 10. The second-order valence-corrected chi connectivity index (χ2v) is 6.51. The summed E-state index contributed by atoms with van der Waals surface area (Å²) in [5, 5.41) is 7.33. The van der Waals surface area contributed by atoms with E-state index >= 15 is 0 Å². The fraction of sp³-hybridized carbons (Fsp3) is 0.632. The summed E-state index contributed by atoms with van der Waals surface area (Å²) in [6.45, 7) is 6.63. The molecule has 0 saturated carbocycles. The van der Waals surface area contributed by atoms with Crippen LogP contribution in [0.2, 0.25) is 5.02 Å². The van der Waals surface area contributed by atoms with Crippen LogP contribution in [0.1, 0.15) is 25.3 Å². The first-order valence-electron chi connectivity index (χ1n) is 9.27. The number of benzene rings is 1. The van der Waals surface area contributed by atoms with E-state index in [2.05, 4.69) is 22.5 Å². The normalized spacial score (nSPS) is 17.3. The van der Waals surface area contributed by atoms with Crippen LogP contribution in [0.3, 0.4) is 0 Å². The quantitative estimate of drug-likeness (QED) is 0.369. The van der Waals surface area contributed by atoms with Crippen LogP contribution in [0.25, 0.3) is 0 Å². The second-order valence-electron chi connectivity index (χ2n) is 6.10. The highest BCUT2D eigenvalue weighted by molar-refractivity contribution is 6.31. The molecule has 1 heterocycles. The van der Waals surface area contributed by atoms with Crippen LogP contribution in [-0.2, 0) is 15.9 Å². The first-order chi connectivity index (χ1) is 12.7. The number of hydrogen-bond acceptors (Lipinski definition) is 4. The summed E-state index contributed by atoms with van der Waals surface area (Å²) in [6, 6.07) is 5.76. The van der Waals surface area contributed by atoms with Crippen molar-refractivity contribution in [1.29, 1.82) is 0 Å². The zero-order valence-electron chi connectivity index (χ0n) is 15.7. The third kappa shape index (κ3) is 7.40. The lowest BCUT2D eigenvalue weighted by Gasteiger charge is -2.13. The number of nitrogens with one attached hydrogen (secondary N) is 2. The van der Waals surface area contributed by atoms with Gasteiger partial charge in [-0.25, -0.2) is 0 Å². The van der Waals surface area contributed by atoms with Gasteiger partial charge in [-0.1, -0.05) is 17.7 Å². The molecule has 2 rings (SSSR count). The first-order valence-corrected chi connectivity index (χ1v) is 9.64. The van der Waals surface area contributed by atoms with Crippen molar-refractivity contribution in [2.75, 3.05) is 46.6 Å². The average molecular weight is 384 g/mol. The summed E-state index contributed by atoms with van der Waals surface area (Å²) in [4.78, 5) is 4.59. The predicted octanol–water partition coefficient (Wildman–Crippen LogP) is 2.64. The zero-order valence-corrected chi connectivity index (χ0v) is 16.5. The molecule has 0 radical (unpaired) electrons. The van der Waals surface area contributed by atoms with Gasteiger partial charge in [0.15, 0.2) is 5.96 Å². The number of halogens is 1. The third-order valence-electron chi connectivity index (χ3n) is 4.11. The molecule has 1 aliphatic heterocycles. The molecular formula is C19H30ClN3O3. The van der Waals surface area contributed by atoms with Crippen LogP contribution in [0.5, 0.6) is 5.75 Å². The molecular weight excluding hydrogens is 354 g/mol. The molecule has 1 fully saturated rings. The third-order valence-corrected chi connectivity index (χ3v) is 4.46. The van der Waals surface area contributed by atoms with Gasteiger partial charge in [0.05, 0.1) is 19.8 Å². The van der Waals surface area contributed by atoms with Gasteiger partial charge >= 0.3 is 0 Å². The van der Waals surface area contributed by atoms with Crippen molar-refractivity contribution < 1.29 is 14.2 Å². The Hall–Kier alpha value is -1.50. The molecule has 1 aromatic rings. The molecule has 26 heavy (non-hydrogen) atoms. The van der Waals surface area contributed by atoms with E-state index in [1.54, 1.807) is 7.11 Å². The Morgan fingerprint density at radius 1 is 1.38 bits per heavy atom. The van der Waals surface area contributed by atoms with Crippen LogP contribution >= 0.6 is 11.6 Å². The molecule has 1 aliphatic rings. The highest BCUT2D eigenvalue weighted by atomic mass is 35.5. The smallest absolute Gasteiger partial charge is 0.191 e. The lowest BCUT2D eigenvalue weighted by atomic mass is 10.1. The Balaban J connectivity index is 1.69. The molecule has 1 unspecified atom stereocenters. The van der Waals surface area contributed by atoms with Gasteiger partial charge in [0, 0.05) is 37.9 Å². The Morgan fingerprint density at radius 3 is 2.96 bits per heavy atom. The van der Waals surface area contributed by atoms with Gasteiger partial charge in [-0.05, 0) is 43.9 Å². The molecule has 146 valence electrons. The highest BCUT2D eigenvalue weighted by Gasteiger charge is 2.15. The predicted molar refractivity (Wildman–Crippen MR) is 105 cm³/mol. The Kier molecular flexibility index (Phi) is 9.60. The minimum Gasteiger partial charge on any atom is -0.497 e. The van der Waals surface area contributed by atoms with Gasteiger partial charge in [-0.2, -0.15) is 0 Å². The number of ether oxygens (including phenoxy) is 3. The van der Waals surface area contributed by atoms with Gasteiger partial charge in [0.2, 0.25) is 0 Å². The molecule has 6 nitrogen and oxygen atoms in total. The SMILES string of the molecule is CCNC(=NCCCOC1CCOC1)NCCc1ccc(OC)cc1Cl. The minimum atomic E-state index is 0.264. The van der Waals surface area contributed by atoms with Crippen LogP contribution < -0.4 is 15.4 Å². The van der Waals surface area contributed by atoms with Crippen LogP contribution in [0, 0.1) is 0 Å². The van der Waals surface area contributed by atoms with Gasteiger partial charge < -0.3 is 24.8 Å². The number of guanidine groups is 1. The van der Waals surface area contributed by atoms with E-state index in [0.29, 0.717) is 0 Å². The summed E-state index contributed by atoms with van der Waals surface area (Å²) in [5.41, 5.74) is 1.09. The zero-order chi connectivity index (χ0) is 18.6. The van der Waals surface area contributed by atoms with Crippen molar-refractivity contribution in [3.05, 3.63) is 28.8 Å². The molecule has 0 aromatic heterocycles. The molecule has 1 saturated heterocycles. The fourth-order valence-electron chi connectivity index (χ4n) is 2.66. The maximum Gasteiger partial charge on any atom is 0.191 e. The molecule has 0 amide bonds. The maximum absolute atomic E-state index is 6.28. The van der Waals surface area contributed by atoms with E-state index in [-0.39, 0.29) is 6.10 Å². The number of methoxy groups -OCH3 is 1. The van der Waals surface area contributed by atoms with Gasteiger partial charge in [-0.3, -0.25) is 4.99 Å². The Labute approximate surface area is 161 Å². The second kappa shape index (κ2) is 12.0. The van der Waals surface area contributed by atoms with Gasteiger partial charge in [0.25, 0.3) is 0 Å². The average Bonchev–Trinajstić information content (AvgIpc) is 3.16. The number of hydrogen-bond donors (Lipinski definition) is 2. The van der Waals surface area contributed by atoms with Crippen molar-refractivity contribution >= 4 is 17.6 Å². The summed E-state index contributed by atoms with van der Waals surface area (Å²) < 4.78 is 16.2. The van der Waals surface area contributed by atoms with Crippen molar-refractivity contribution in [1.82, 2.24) is 10.6 Å². The van der Waals surface area contributed by atoms with E-state index in [0.717, 1.165) is 81.0 Å². The van der Waals surface area contributed by atoms with E-state index in [4.69, 9.17) is 25.8 Å². The van der Waals surface area contributed by atoms with Crippen molar-refractivity contribution in [3.8, 4) is 5.75 Å². The standard InChI is InChI=1S/C19H30ClN3O3/c1-3-21-19(22-9-4-11-26-17-8-12-25-14-17)23-10-7-15-5-6-16(24-2)13-18(15)20/h5-6,13,17H,3-4,7-12,14H2,1-2H3,(H2,21,22,23). The number of aliphatic imine (C=N–C) groups is 1. The summed E-state index contributed by atoms with van der Waals surface area (Å²) in [6.07, 6.45) is 2.98. The maximum atomic E-state index is 6.28. The Bertz CT molecular complexity index is 563. The van der Waals surface area contributed by atoms with Crippen molar-refractivity contribution in [2.45, 2.75) is 32.3 Å². The lowest BCUT2D eigenvalue weighted by Crippen LogP contribution is -2.38. The van der Waals surface area contributed by atoms with E-state index in [1.165, 1.54) is 0 Å². The minimum absolute atomic E-state index is 0.264. The van der Waals surface area contributed by atoms with E-state index in [9.17, 15) is 0 Å². The molecule has 0 spiro atoms. The van der Waals surface area contributed by atoms with Crippen LogP contribution in [0.4, 0.5) is 0 Å². The van der Waals surface area contributed by atoms with Gasteiger partial charge in [0.1, 0.15) is 5.75 Å². The summed E-state index contributed by atoms with van der Waals surface area (Å²) in [5.74, 6) is 1.59. The topological polar surface area (TPSA) is 64.1 Å². The fourth-order valence-corrected chi connectivity index (χ4v) is 2.93. The van der Waals surface area contributed by atoms with Crippen molar-refractivity contribution in [2.24, 2.45) is 4.99 Å². The van der Waals surface area contributed by atoms with E-state index in [1.807, 2.05) is 18.2 Å². The molecule has 7 heteroatoms. The lowest BCUT2D eigenvalue weighted by molar-refractivity contribution is 0.0424. The molecule has 1 atom stereocenters. The Morgan fingerprint density at radius 2 is 2.27 bits per heavy atom. The monoisotopic (exact) mass is 383 g/mol. The van der Waals surface area contributed by atoms with Crippen LogP contribution in [0.15, 0.2) is 23.2 Å². The summed E-state index contributed by atoms with van der Waals surface area (Å²) in [7, 11) is 1.64. The number of nitrogens with zero attached hydrogens (tertiary/aromatic N) is 1.